The van der Waals surface area contributed by atoms with E-state index in [4.69, 9.17) is 0 Å². The van der Waals surface area contributed by atoms with Gasteiger partial charge in [0.25, 0.3) is 0 Å². The van der Waals surface area contributed by atoms with Gasteiger partial charge in [-0.3, -0.25) is 0 Å². The fraction of sp³-hybridized carbons (Fsp3) is 1.00. The minimum atomic E-state index is 0.874. The smallest absolute Gasteiger partial charge is 0.0266 e. The third kappa shape index (κ3) is 1.25. The molecule has 74 valence electrons. The van der Waals surface area contributed by atoms with E-state index in [1.54, 1.807) is 51.4 Å². The van der Waals surface area contributed by atoms with Crippen molar-refractivity contribution in [3.63, 3.8) is 0 Å². The summed E-state index contributed by atoms with van der Waals surface area (Å²) in [4.78, 5) is 0. The lowest BCUT2D eigenvalue weighted by Gasteiger charge is -2.37. The van der Waals surface area contributed by atoms with Crippen molar-refractivity contribution in [3.8, 4) is 0 Å². The Bertz CT molecular complexity index is 186. The lowest BCUT2D eigenvalue weighted by Crippen LogP contribution is -2.26. The Morgan fingerprint density at radius 1 is 0.846 bits per heavy atom. The number of hydrogen-bond acceptors (Lipinski definition) is 0. The molecule has 3 aliphatic carbocycles. The van der Waals surface area contributed by atoms with Gasteiger partial charge < -0.3 is 0 Å². The maximum absolute atomic E-state index is 1.62. The normalized spacial score (nSPS) is 42.5. The molecule has 3 fully saturated rings. The largest absolute Gasteiger partial charge is 0.0533 e. The second-order valence-corrected chi connectivity index (χ2v) is 5.86. The van der Waals surface area contributed by atoms with Crippen LogP contribution in [0.5, 0.6) is 0 Å². The topological polar surface area (TPSA) is 0 Å². The van der Waals surface area contributed by atoms with Crippen LogP contribution in [0.3, 0.4) is 0 Å². The van der Waals surface area contributed by atoms with E-state index >= 15 is 0 Å². The summed E-state index contributed by atoms with van der Waals surface area (Å²) in [5.41, 5.74) is 0.874. The van der Waals surface area contributed by atoms with Crippen molar-refractivity contribution in [1.82, 2.24) is 0 Å². The van der Waals surface area contributed by atoms with Crippen LogP contribution in [0, 0.1) is 17.3 Å². The SMILES string of the molecule is C1CCCC2(CC1)CC1CCC2C1. The van der Waals surface area contributed by atoms with Gasteiger partial charge in [-0.1, -0.05) is 32.1 Å². The van der Waals surface area contributed by atoms with Crippen LogP contribution < -0.4 is 0 Å². The molecule has 3 saturated carbocycles. The molecule has 2 unspecified atom stereocenters. The highest BCUT2D eigenvalue weighted by Gasteiger charge is 2.49. The number of hydrogen-bond donors (Lipinski definition) is 0. The van der Waals surface area contributed by atoms with Gasteiger partial charge in [-0.15, -0.1) is 0 Å². The first-order chi connectivity index (χ1) is 6.39. The molecule has 0 aromatic carbocycles. The Balaban J connectivity index is 1.79. The Kier molecular flexibility index (Phi) is 1.92. The summed E-state index contributed by atoms with van der Waals surface area (Å²) < 4.78 is 0. The molecule has 0 aromatic rings. The molecule has 1 spiro atoms. The van der Waals surface area contributed by atoms with Gasteiger partial charge in [0.15, 0.2) is 0 Å². The van der Waals surface area contributed by atoms with E-state index in [0.29, 0.717) is 0 Å². The fourth-order valence-electron chi connectivity index (χ4n) is 4.60. The fourth-order valence-corrected chi connectivity index (χ4v) is 4.60. The second-order valence-electron chi connectivity index (χ2n) is 5.86. The lowest BCUT2D eigenvalue weighted by molar-refractivity contribution is 0.136. The van der Waals surface area contributed by atoms with Crippen LogP contribution in [0.25, 0.3) is 0 Å². The first-order valence-corrected chi connectivity index (χ1v) is 6.39. The summed E-state index contributed by atoms with van der Waals surface area (Å²) in [6.07, 6.45) is 15.7. The first kappa shape index (κ1) is 8.32. The summed E-state index contributed by atoms with van der Waals surface area (Å²) >= 11 is 0. The number of fused-ring (bicyclic) bond motifs is 3. The molecule has 0 heteroatoms. The Hall–Kier alpha value is 0. The van der Waals surface area contributed by atoms with Gasteiger partial charge in [-0.25, -0.2) is 0 Å². The molecule has 0 heterocycles. The second kappa shape index (κ2) is 3.00. The predicted octanol–water partition coefficient (Wildman–Crippen LogP) is 4.15. The highest BCUT2D eigenvalue weighted by atomic mass is 14.5. The maximum Gasteiger partial charge on any atom is -0.0266 e. The third-order valence-corrected chi connectivity index (χ3v) is 5.20. The molecule has 0 radical (unpaired) electrons. The van der Waals surface area contributed by atoms with E-state index in [9.17, 15) is 0 Å². The van der Waals surface area contributed by atoms with Crippen LogP contribution in [0.1, 0.15) is 64.2 Å². The summed E-state index contributed by atoms with van der Waals surface area (Å²) in [6.45, 7) is 0. The van der Waals surface area contributed by atoms with Crippen LogP contribution in [0.15, 0.2) is 0 Å². The van der Waals surface area contributed by atoms with Crippen molar-refractivity contribution < 1.29 is 0 Å². The van der Waals surface area contributed by atoms with Gasteiger partial charge in [-0.2, -0.15) is 0 Å². The highest BCUT2D eigenvalue weighted by molar-refractivity contribution is 5.00. The van der Waals surface area contributed by atoms with Crippen molar-refractivity contribution in [2.45, 2.75) is 64.2 Å². The zero-order chi connectivity index (χ0) is 8.73. The van der Waals surface area contributed by atoms with Crippen molar-refractivity contribution in [2.24, 2.45) is 17.3 Å². The quantitative estimate of drug-likeness (QED) is 0.523. The first-order valence-electron chi connectivity index (χ1n) is 6.39. The standard InChI is InChI=1S/C13H22/c1-2-4-8-13(7-3-1)10-11-5-6-12(13)9-11/h11-12H,1-10H2. The van der Waals surface area contributed by atoms with Crippen molar-refractivity contribution in [2.75, 3.05) is 0 Å². The van der Waals surface area contributed by atoms with Crippen LogP contribution >= 0.6 is 0 Å². The molecule has 2 atom stereocenters. The van der Waals surface area contributed by atoms with E-state index in [2.05, 4.69) is 0 Å². The molecule has 3 aliphatic rings. The molecule has 13 heavy (non-hydrogen) atoms. The molecule has 0 amide bonds. The Morgan fingerprint density at radius 2 is 1.62 bits per heavy atom. The lowest BCUT2D eigenvalue weighted by atomic mass is 9.68. The maximum atomic E-state index is 1.62. The van der Waals surface area contributed by atoms with Gasteiger partial charge >= 0.3 is 0 Å². The average molecular weight is 178 g/mol. The zero-order valence-electron chi connectivity index (χ0n) is 8.73. The minimum Gasteiger partial charge on any atom is -0.0533 e. The van der Waals surface area contributed by atoms with Gasteiger partial charge in [0.1, 0.15) is 0 Å². The Morgan fingerprint density at radius 3 is 2.15 bits per heavy atom. The minimum absolute atomic E-state index is 0.874. The van der Waals surface area contributed by atoms with E-state index in [1.165, 1.54) is 12.8 Å². The summed E-state index contributed by atoms with van der Waals surface area (Å²) in [6, 6.07) is 0. The monoisotopic (exact) mass is 178 g/mol. The van der Waals surface area contributed by atoms with Crippen LogP contribution in [-0.2, 0) is 0 Å². The van der Waals surface area contributed by atoms with E-state index in [0.717, 1.165) is 17.3 Å². The summed E-state index contributed by atoms with van der Waals surface area (Å²) in [5, 5.41) is 0. The van der Waals surface area contributed by atoms with E-state index < -0.39 is 0 Å². The van der Waals surface area contributed by atoms with Gasteiger partial charge in [0, 0.05) is 0 Å². The zero-order valence-corrected chi connectivity index (χ0v) is 8.73. The van der Waals surface area contributed by atoms with E-state index in [-0.39, 0.29) is 0 Å². The summed E-state index contributed by atoms with van der Waals surface area (Å²) in [5.74, 6) is 2.32. The van der Waals surface area contributed by atoms with Gasteiger partial charge in [-0.05, 0) is 49.4 Å². The number of rotatable bonds is 0. The molecule has 0 aromatic heterocycles. The highest BCUT2D eigenvalue weighted by Crippen LogP contribution is 2.61. The van der Waals surface area contributed by atoms with Crippen molar-refractivity contribution >= 4 is 0 Å². The molecule has 0 aliphatic heterocycles. The molecule has 2 bridgehead atoms. The van der Waals surface area contributed by atoms with Crippen LogP contribution in [0.4, 0.5) is 0 Å². The molecular weight excluding hydrogens is 156 g/mol. The summed E-state index contributed by atoms with van der Waals surface area (Å²) in [7, 11) is 0. The van der Waals surface area contributed by atoms with Gasteiger partial charge in [0.2, 0.25) is 0 Å². The average Bonchev–Trinajstić information content (AvgIpc) is 2.63. The van der Waals surface area contributed by atoms with Gasteiger partial charge in [0.05, 0.1) is 0 Å². The third-order valence-electron chi connectivity index (χ3n) is 5.20. The molecule has 0 N–H and O–H groups in total. The van der Waals surface area contributed by atoms with Crippen LogP contribution in [0.2, 0.25) is 0 Å². The molecular formula is C13H22. The van der Waals surface area contributed by atoms with Crippen LogP contribution in [-0.4, -0.2) is 0 Å². The Labute approximate surface area is 82.1 Å². The van der Waals surface area contributed by atoms with Crippen molar-refractivity contribution in [3.05, 3.63) is 0 Å². The molecule has 3 rings (SSSR count). The predicted molar refractivity (Wildman–Crippen MR) is 55.6 cm³/mol. The van der Waals surface area contributed by atoms with E-state index in [1.807, 2.05) is 0 Å². The molecule has 0 nitrogen and oxygen atoms in total. The van der Waals surface area contributed by atoms with Crippen molar-refractivity contribution in [1.29, 1.82) is 0 Å². The molecule has 0 saturated heterocycles.